The Labute approximate surface area is 124 Å². The average molecular weight is 303 g/mol. The summed E-state index contributed by atoms with van der Waals surface area (Å²) in [5, 5.41) is 10.2. The molecule has 7 heteroatoms. The second-order valence-corrected chi connectivity index (χ2v) is 6.86. The molecule has 0 spiro atoms. The van der Waals surface area contributed by atoms with Crippen molar-refractivity contribution in [2.24, 2.45) is 0 Å². The molecule has 1 saturated carbocycles. The summed E-state index contributed by atoms with van der Waals surface area (Å²) in [6, 6.07) is 8.71. The molecule has 0 bridgehead atoms. The van der Waals surface area contributed by atoms with Crippen LogP contribution in [0.2, 0.25) is 0 Å². The first kappa shape index (κ1) is 12.2. The number of thiazole rings is 1. The summed E-state index contributed by atoms with van der Waals surface area (Å²) in [7, 11) is 0. The van der Waals surface area contributed by atoms with E-state index in [-0.39, 0.29) is 0 Å². The highest BCUT2D eigenvalue weighted by molar-refractivity contribution is 7.98. The molecule has 5 nitrogen and oxygen atoms in total. The smallest absolute Gasteiger partial charge is 0.222 e. The molecule has 4 rings (SSSR count). The fraction of sp³-hybridized carbons (Fsp3) is 0.308. The molecule has 0 amide bonds. The van der Waals surface area contributed by atoms with Gasteiger partial charge in [-0.2, -0.15) is 0 Å². The van der Waals surface area contributed by atoms with E-state index in [9.17, 15) is 0 Å². The predicted molar refractivity (Wildman–Crippen MR) is 81.9 cm³/mol. The van der Waals surface area contributed by atoms with Gasteiger partial charge in [0.05, 0.1) is 16.0 Å². The Kier molecular flexibility index (Phi) is 2.89. The number of thioether (sulfide) groups is 1. The lowest BCUT2D eigenvalue weighted by molar-refractivity contribution is 0.671. The van der Waals surface area contributed by atoms with Crippen LogP contribution in [-0.2, 0) is 5.75 Å². The molecule has 0 saturated heterocycles. The third-order valence-corrected chi connectivity index (χ3v) is 5.44. The molecule has 1 aromatic carbocycles. The van der Waals surface area contributed by atoms with Crippen molar-refractivity contribution >= 4 is 39.3 Å². The van der Waals surface area contributed by atoms with Crippen molar-refractivity contribution < 1.29 is 0 Å². The number of aromatic nitrogens is 4. The van der Waals surface area contributed by atoms with E-state index in [2.05, 4.69) is 25.8 Å². The van der Waals surface area contributed by atoms with Crippen molar-refractivity contribution in [3.63, 3.8) is 0 Å². The van der Waals surface area contributed by atoms with Crippen molar-refractivity contribution in [2.45, 2.75) is 29.8 Å². The van der Waals surface area contributed by atoms with Gasteiger partial charge in [0.25, 0.3) is 0 Å². The molecule has 3 aromatic rings. The zero-order valence-corrected chi connectivity index (χ0v) is 12.3. The van der Waals surface area contributed by atoms with Gasteiger partial charge in [0.1, 0.15) is 5.01 Å². The molecule has 0 atom stereocenters. The SMILES string of the molecule is Nc1nnc(SCc2nc3ccccc3s2)n1C1CC1. The van der Waals surface area contributed by atoms with Crippen LogP contribution in [0.5, 0.6) is 0 Å². The second-order valence-electron chi connectivity index (χ2n) is 4.81. The van der Waals surface area contributed by atoms with E-state index in [1.807, 2.05) is 18.2 Å². The van der Waals surface area contributed by atoms with E-state index in [0.29, 0.717) is 12.0 Å². The normalized spacial score (nSPS) is 15.0. The maximum Gasteiger partial charge on any atom is 0.222 e. The van der Waals surface area contributed by atoms with Crippen molar-refractivity contribution in [1.82, 2.24) is 19.7 Å². The lowest BCUT2D eigenvalue weighted by atomic mass is 10.3. The van der Waals surface area contributed by atoms with E-state index in [0.717, 1.165) is 21.4 Å². The number of nitrogen functional groups attached to an aromatic ring is 1. The Balaban J connectivity index is 1.55. The van der Waals surface area contributed by atoms with Crippen LogP contribution in [0.15, 0.2) is 29.4 Å². The van der Waals surface area contributed by atoms with Crippen LogP contribution in [-0.4, -0.2) is 19.7 Å². The van der Waals surface area contributed by atoms with E-state index >= 15 is 0 Å². The summed E-state index contributed by atoms with van der Waals surface area (Å²) in [6.45, 7) is 0. The molecule has 0 unspecified atom stereocenters. The Bertz CT molecular complexity index is 726. The number of nitrogens with two attached hydrogens (primary N) is 1. The zero-order chi connectivity index (χ0) is 13.5. The fourth-order valence-electron chi connectivity index (χ4n) is 2.17. The van der Waals surface area contributed by atoms with Crippen molar-refractivity contribution in [3.8, 4) is 0 Å². The third-order valence-electron chi connectivity index (χ3n) is 3.27. The largest absolute Gasteiger partial charge is 0.368 e. The molecule has 2 aromatic heterocycles. The average Bonchev–Trinajstić information content (AvgIpc) is 3.09. The van der Waals surface area contributed by atoms with E-state index in [1.54, 1.807) is 23.1 Å². The van der Waals surface area contributed by atoms with Crippen LogP contribution in [0.4, 0.5) is 5.95 Å². The lowest BCUT2D eigenvalue weighted by Gasteiger charge is -2.04. The van der Waals surface area contributed by atoms with Gasteiger partial charge in [-0.25, -0.2) is 4.98 Å². The van der Waals surface area contributed by atoms with Crippen molar-refractivity contribution in [3.05, 3.63) is 29.3 Å². The van der Waals surface area contributed by atoms with Crippen LogP contribution in [0.1, 0.15) is 23.9 Å². The Morgan fingerprint density at radius 3 is 2.95 bits per heavy atom. The first-order valence-corrected chi connectivity index (χ1v) is 8.29. The molecule has 1 aliphatic rings. The number of nitrogens with zero attached hydrogens (tertiary/aromatic N) is 4. The number of anilines is 1. The van der Waals surface area contributed by atoms with Crippen LogP contribution in [0, 0.1) is 0 Å². The number of rotatable bonds is 4. The van der Waals surface area contributed by atoms with Gasteiger partial charge in [-0.05, 0) is 25.0 Å². The molecule has 0 aliphatic heterocycles. The molecule has 1 aliphatic carbocycles. The Hall–Kier alpha value is -1.60. The monoisotopic (exact) mass is 303 g/mol. The van der Waals surface area contributed by atoms with Crippen LogP contribution in [0.25, 0.3) is 10.2 Å². The summed E-state index contributed by atoms with van der Waals surface area (Å²) in [4.78, 5) is 4.63. The first-order valence-electron chi connectivity index (χ1n) is 6.49. The minimum absolute atomic E-state index is 0.503. The highest BCUT2D eigenvalue weighted by Crippen LogP contribution is 2.40. The number of benzene rings is 1. The third kappa shape index (κ3) is 2.16. The second kappa shape index (κ2) is 4.75. The van der Waals surface area contributed by atoms with E-state index in [1.165, 1.54) is 17.5 Å². The van der Waals surface area contributed by atoms with Crippen LogP contribution < -0.4 is 5.73 Å². The lowest BCUT2D eigenvalue weighted by Crippen LogP contribution is -2.02. The minimum Gasteiger partial charge on any atom is -0.368 e. The Morgan fingerprint density at radius 2 is 2.15 bits per heavy atom. The molecule has 2 heterocycles. The van der Waals surface area contributed by atoms with Crippen LogP contribution in [0.3, 0.4) is 0 Å². The Morgan fingerprint density at radius 1 is 1.30 bits per heavy atom. The highest BCUT2D eigenvalue weighted by Gasteiger charge is 2.28. The molecule has 20 heavy (non-hydrogen) atoms. The molecule has 0 radical (unpaired) electrons. The van der Waals surface area contributed by atoms with Gasteiger partial charge < -0.3 is 5.73 Å². The van der Waals surface area contributed by atoms with Crippen LogP contribution >= 0.6 is 23.1 Å². The molecule has 1 fully saturated rings. The summed E-state index contributed by atoms with van der Waals surface area (Å²) in [5.41, 5.74) is 6.94. The topological polar surface area (TPSA) is 69.6 Å². The first-order chi connectivity index (χ1) is 9.81. The summed E-state index contributed by atoms with van der Waals surface area (Å²) in [5.74, 6) is 1.34. The van der Waals surface area contributed by atoms with E-state index < -0.39 is 0 Å². The van der Waals surface area contributed by atoms with Gasteiger partial charge >= 0.3 is 0 Å². The standard InChI is InChI=1S/C13H13N5S2/c14-12-16-17-13(18(12)8-5-6-8)19-7-11-15-9-3-1-2-4-10(9)20-11/h1-4,8H,5-7H2,(H2,14,16). The minimum atomic E-state index is 0.503. The fourth-order valence-corrected chi connectivity index (χ4v) is 4.14. The number of hydrogen-bond acceptors (Lipinski definition) is 6. The number of hydrogen-bond donors (Lipinski definition) is 1. The number of fused-ring (bicyclic) bond motifs is 1. The predicted octanol–water partition coefficient (Wildman–Crippen LogP) is 3.10. The molecular formula is C13H13N5S2. The maximum atomic E-state index is 5.88. The van der Waals surface area contributed by atoms with Crippen molar-refractivity contribution in [2.75, 3.05) is 5.73 Å². The van der Waals surface area contributed by atoms with Gasteiger partial charge in [-0.3, -0.25) is 4.57 Å². The number of para-hydroxylation sites is 1. The maximum absolute atomic E-state index is 5.88. The quantitative estimate of drug-likeness (QED) is 0.750. The summed E-state index contributed by atoms with van der Waals surface area (Å²) < 4.78 is 3.28. The van der Waals surface area contributed by atoms with Gasteiger partial charge in [0.15, 0.2) is 5.16 Å². The molecule has 2 N–H and O–H groups in total. The summed E-state index contributed by atoms with van der Waals surface area (Å²) >= 11 is 3.39. The summed E-state index contributed by atoms with van der Waals surface area (Å²) in [6.07, 6.45) is 2.36. The van der Waals surface area contributed by atoms with Gasteiger partial charge in [0.2, 0.25) is 5.95 Å². The van der Waals surface area contributed by atoms with Gasteiger partial charge in [0, 0.05) is 6.04 Å². The highest BCUT2D eigenvalue weighted by atomic mass is 32.2. The zero-order valence-electron chi connectivity index (χ0n) is 10.7. The van der Waals surface area contributed by atoms with Crippen molar-refractivity contribution in [1.29, 1.82) is 0 Å². The van der Waals surface area contributed by atoms with Gasteiger partial charge in [-0.15, -0.1) is 21.5 Å². The molecule has 102 valence electrons. The van der Waals surface area contributed by atoms with E-state index in [4.69, 9.17) is 5.73 Å². The molecular weight excluding hydrogens is 290 g/mol. The van der Waals surface area contributed by atoms with Gasteiger partial charge in [-0.1, -0.05) is 23.9 Å².